The average molecular weight is 414 g/mol. The molecule has 3 heterocycles. The minimum atomic E-state index is -0.674. The number of hydrogen-bond acceptors (Lipinski definition) is 6. The van der Waals surface area contributed by atoms with E-state index in [4.69, 9.17) is 15.2 Å². The highest BCUT2D eigenvalue weighted by Crippen LogP contribution is 2.50. The molecule has 1 unspecified atom stereocenters. The second kappa shape index (κ2) is 8.04. The van der Waals surface area contributed by atoms with E-state index in [1.54, 1.807) is 0 Å². The number of fused-ring (bicyclic) bond motifs is 1. The number of anilines is 1. The zero-order valence-electron chi connectivity index (χ0n) is 15.9. The van der Waals surface area contributed by atoms with Crippen LogP contribution in [0.3, 0.4) is 0 Å². The van der Waals surface area contributed by atoms with Crippen molar-refractivity contribution in [3.05, 3.63) is 52.0 Å². The first-order chi connectivity index (χ1) is 14.1. The molecule has 9 heteroatoms. The lowest BCUT2D eigenvalue weighted by molar-refractivity contribution is -0.118. The molecule has 0 saturated heterocycles. The Bertz CT molecular complexity index is 970. The van der Waals surface area contributed by atoms with Crippen LogP contribution in [-0.2, 0) is 11.3 Å². The van der Waals surface area contributed by atoms with Crippen LogP contribution < -0.4 is 31.2 Å². The minimum Gasteiger partial charge on any atom is -0.485 e. The van der Waals surface area contributed by atoms with Crippen molar-refractivity contribution in [3.63, 3.8) is 0 Å². The van der Waals surface area contributed by atoms with Gasteiger partial charge in [-0.3, -0.25) is 4.79 Å². The van der Waals surface area contributed by atoms with Gasteiger partial charge in [0.15, 0.2) is 11.5 Å². The molecule has 0 fully saturated rings. The van der Waals surface area contributed by atoms with Crippen molar-refractivity contribution in [2.45, 2.75) is 25.9 Å². The van der Waals surface area contributed by atoms with Crippen LogP contribution in [0.5, 0.6) is 11.5 Å². The van der Waals surface area contributed by atoms with E-state index in [-0.39, 0.29) is 11.9 Å². The Morgan fingerprint density at radius 2 is 1.97 bits per heavy atom. The van der Waals surface area contributed by atoms with Crippen molar-refractivity contribution < 1.29 is 19.1 Å². The molecular formula is C20H22N4O4S. The second-order valence-electron chi connectivity index (χ2n) is 6.63. The van der Waals surface area contributed by atoms with Crippen LogP contribution in [0.15, 0.2) is 41.6 Å². The third-order valence-electron chi connectivity index (χ3n) is 4.76. The Morgan fingerprint density at radius 1 is 1.24 bits per heavy atom. The van der Waals surface area contributed by atoms with Crippen LogP contribution in [0.4, 0.5) is 9.80 Å². The molecule has 0 saturated carbocycles. The maximum atomic E-state index is 13.1. The molecule has 1 atom stereocenters. The van der Waals surface area contributed by atoms with Gasteiger partial charge in [0.1, 0.15) is 24.3 Å². The molecule has 5 N–H and O–H groups in total. The first-order valence-electron chi connectivity index (χ1n) is 9.39. The normalized spacial score (nSPS) is 18.1. The Kier molecular flexibility index (Phi) is 5.30. The predicted octanol–water partition coefficient (Wildman–Crippen LogP) is 2.44. The van der Waals surface area contributed by atoms with Gasteiger partial charge in [0.2, 0.25) is 0 Å². The quantitative estimate of drug-likeness (QED) is 0.600. The first-order valence-corrected chi connectivity index (χ1v) is 10.2. The van der Waals surface area contributed by atoms with E-state index in [0.717, 1.165) is 5.56 Å². The number of benzene rings is 1. The number of rotatable bonds is 5. The molecule has 152 valence electrons. The molecule has 1 aromatic heterocycles. The Morgan fingerprint density at radius 3 is 2.69 bits per heavy atom. The standard InChI is InChI=1S/C20H22N4O4S/c1-2-12-13(19(25)22-10-11-6-4-3-5-7-11)14(24-20(26)23-12)17-15-16(18(21)29-17)28-9-8-27-15/h3-7,14H,2,8-10,21H2,1H3,(H,22,25)(H2,23,24,26). The Hall–Kier alpha value is -3.20. The predicted molar refractivity (Wildman–Crippen MR) is 110 cm³/mol. The molecule has 2 aliphatic rings. The average Bonchev–Trinajstić information content (AvgIpc) is 3.09. The lowest BCUT2D eigenvalue weighted by Gasteiger charge is -2.29. The van der Waals surface area contributed by atoms with Crippen molar-refractivity contribution in [1.82, 2.24) is 16.0 Å². The van der Waals surface area contributed by atoms with Crippen molar-refractivity contribution in [1.29, 1.82) is 0 Å². The smallest absolute Gasteiger partial charge is 0.319 e. The third-order valence-corrected chi connectivity index (χ3v) is 5.81. The largest absolute Gasteiger partial charge is 0.485 e. The highest BCUT2D eigenvalue weighted by atomic mass is 32.1. The fourth-order valence-corrected chi connectivity index (χ4v) is 4.44. The van der Waals surface area contributed by atoms with Gasteiger partial charge in [-0.25, -0.2) is 4.79 Å². The number of nitrogens with two attached hydrogens (primary N) is 1. The van der Waals surface area contributed by atoms with Crippen LogP contribution in [0, 0.1) is 0 Å². The van der Waals surface area contributed by atoms with Crippen molar-refractivity contribution in [2.24, 2.45) is 0 Å². The zero-order valence-corrected chi connectivity index (χ0v) is 16.7. The second-order valence-corrected chi connectivity index (χ2v) is 7.72. The van der Waals surface area contributed by atoms with Crippen molar-refractivity contribution >= 4 is 28.3 Å². The SMILES string of the molecule is CCC1=C(C(=O)NCc2ccccc2)C(c2sc(N)c3c2OCCO3)NC(=O)N1. The van der Waals surface area contributed by atoms with Crippen LogP contribution in [0.25, 0.3) is 0 Å². The van der Waals surface area contributed by atoms with Gasteiger partial charge in [0.05, 0.1) is 10.5 Å². The van der Waals surface area contributed by atoms with Gasteiger partial charge in [0.25, 0.3) is 5.91 Å². The summed E-state index contributed by atoms with van der Waals surface area (Å²) in [6.07, 6.45) is 0.498. The van der Waals surface area contributed by atoms with Gasteiger partial charge in [-0.1, -0.05) is 37.3 Å². The molecular weight excluding hydrogens is 392 g/mol. The molecule has 0 bridgehead atoms. The highest BCUT2D eigenvalue weighted by Gasteiger charge is 2.37. The van der Waals surface area contributed by atoms with Gasteiger partial charge < -0.3 is 31.2 Å². The number of thiophene rings is 1. The summed E-state index contributed by atoms with van der Waals surface area (Å²) in [4.78, 5) is 26.1. The summed E-state index contributed by atoms with van der Waals surface area (Å²) < 4.78 is 11.4. The fourth-order valence-electron chi connectivity index (χ4n) is 3.42. The summed E-state index contributed by atoms with van der Waals surface area (Å²) in [7, 11) is 0. The number of nitrogens with one attached hydrogen (secondary N) is 3. The van der Waals surface area contributed by atoms with Crippen molar-refractivity contribution in [2.75, 3.05) is 18.9 Å². The third kappa shape index (κ3) is 3.73. The number of carbonyl (C=O) groups excluding carboxylic acids is 2. The Labute approximate surface area is 172 Å². The zero-order chi connectivity index (χ0) is 20.4. The summed E-state index contributed by atoms with van der Waals surface area (Å²) in [5, 5.41) is 9.00. The minimum absolute atomic E-state index is 0.263. The molecule has 0 radical (unpaired) electrons. The number of hydrogen-bond donors (Lipinski definition) is 4. The van der Waals surface area contributed by atoms with Crippen LogP contribution >= 0.6 is 11.3 Å². The molecule has 4 rings (SSSR count). The maximum Gasteiger partial charge on any atom is 0.319 e. The van der Waals surface area contributed by atoms with E-state index in [2.05, 4.69) is 16.0 Å². The molecule has 0 aliphatic carbocycles. The van der Waals surface area contributed by atoms with Gasteiger partial charge in [-0.15, -0.1) is 11.3 Å². The highest BCUT2D eigenvalue weighted by molar-refractivity contribution is 7.16. The molecule has 0 spiro atoms. The van der Waals surface area contributed by atoms with E-state index in [1.165, 1.54) is 11.3 Å². The van der Waals surface area contributed by atoms with Gasteiger partial charge in [-0.2, -0.15) is 0 Å². The molecule has 29 heavy (non-hydrogen) atoms. The van der Waals surface area contributed by atoms with Crippen molar-refractivity contribution in [3.8, 4) is 11.5 Å². The van der Waals surface area contributed by atoms with Crippen LogP contribution in [0.1, 0.15) is 29.8 Å². The number of nitrogen functional groups attached to an aromatic ring is 1. The number of urea groups is 1. The molecule has 2 aliphatic heterocycles. The van der Waals surface area contributed by atoms with Crippen LogP contribution in [0.2, 0.25) is 0 Å². The van der Waals surface area contributed by atoms with Gasteiger partial charge in [-0.05, 0) is 12.0 Å². The van der Waals surface area contributed by atoms with Gasteiger partial charge >= 0.3 is 6.03 Å². The van der Waals surface area contributed by atoms with E-state index in [0.29, 0.717) is 58.8 Å². The summed E-state index contributed by atoms with van der Waals surface area (Å²) in [5.41, 5.74) is 8.10. The Balaban J connectivity index is 1.68. The fraction of sp³-hybridized carbons (Fsp3) is 0.300. The number of ether oxygens (including phenoxy) is 2. The lowest BCUT2D eigenvalue weighted by atomic mass is 9.98. The molecule has 1 aromatic carbocycles. The molecule has 3 amide bonds. The van der Waals surface area contributed by atoms with E-state index < -0.39 is 6.04 Å². The number of amides is 3. The lowest BCUT2D eigenvalue weighted by Crippen LogP contribution is -2.47. The van der Waals surface area contributed by atoms with Crippen LogP contribution in [-0.4, -0.2) is 25.2 Å². The number of carbonyl (C=O) groups is 2. The van der Waals surface area contributed by atoms with Gasteiger partial charge in [0, 0.05) is 12.2 Å². The topological polar surface area (TPSA) is 115 Å². The van der Waals surface area contributed by atoms with E-state index in [9.17, 15) is 9.59 Å². The summed E-state index contributed by atoms with van der Waals surface area (Å²) >= 11 is 1.26. The number of allylic oxidation sites excluding steroid dienone is 1. The van der Waals surface area contributed by atoms with E-state index >= 15 is 0 Å². The first kappa shape index (κ1) is 19.1. The summed E-state index contributed by atoms with van der Waals surface area (Å²) in [6.45, 7) is 3.06. The van der Waals surface area contributed by atoms with E-state index in [1.807, 2.05) is 37.3 Å². The summed E-state index contributed by atoms with van der Waals surface area (Å²) in [6, 6.07) is 8.59. The molecule has 8 nitrogen and oxygen atoms in total. The maximum absolute atomic E-state index is 13.1. The monoisotopic (exact) mass is 414 g/mol. The summed E-state index contributed by atoms with van der Waals surface area (Å²) in [5.74, 6) is 0.710. The molecule has 2 aromatic rings.